The number of carbonyl (C=O) groups is 2. The monoisotopic (exact) mass is 319 g/mol. The molecule has 1 amide bonds. The topological polar surface area (TPSA) is 64.6 Å². The number of carbonyl (C=O) groups excluding carboxylic acids is 2. The SMILES string of the molecule is COC(=O)c1sc(NC(=O)COc2cccc(C)c2)cc1C. The third-order valence-electron chi connectivity index (χ3n) is 2.91. The molecule has 6 heteroatoms. The third-order valence-corrected chi connectivity index (χ3v) is 4.04. The van der Waals surface area contributed by atoms with Gasteiger partial charge in [-0.05, 0) is 43.2 Å². The van der Waals surface area contributed by atoms with E-state index in [4.69, 9.17) is 4.74 Å². The summed E-state index contributed by atoms with van der Waals surface area (Å²) in [5.74, 6) is -0.0362. The van der Waals surface area contributed by atoms with Crippen LogP contribution in [0.4, 0.5) is 5.00 Å². The molecule has 5 nitrogen and oxygen atoms in total. The molecule has 0 aliphatic carbocycles. The highest BCUT2D eigenvalue weighted by atomic mass is 32.1. The van der Waals surface area contributed by atoms with Crippen molar-refractivity contribution in [2.75, 3.05) is 19.0 Å². The van der Waals surface area contributed by atoms with Gasteiger partial charge in [0, 0.05) is 0 Å². The van der Waals surface area contributed by atoms with Crippen molar-refractivity contribution in [1.29, 1.82) is 0 Å². The lowest BCUT2D eigenvalue weighted by molar-refractivity contribution is -0.118. The van der Waals surface area contributed by atoms with E-state index in [9.17, 15) is 9.59 Å². The summed E-state index contributed by atoms with van der Waals surface area (Å²) in [6.45, 7) is 3.66. The average Bonchev–Trinajstić information content (AvgIpc) is 2.85. The Balaban J connectivity index is 1.93. The molecule has 2 rings (SSSR count). The van der Waals surface area contributed by atoms with Crippen LogP contribution in [0.25, 0.3) is 0 Å². The van der Waals surface area contributed by atoms with Crippen LogP contribution in [0, 0.1) is 13.8 Å². The average molecular weight is 319 g/mol. The van der Waals surface area contributed by atoms with Gasteiger partial charge in [0.05, 0.1) is 12.1 Å². The molecule has 1 aromatic carbocycles. The number of benzene rings is 1. The molecule has 1 aromatic heterocycles. The smallest absolute Gasteiger partial charge is 0.348 e. The molecule has 2 aromatic rings. The van der Waals surface area contributed by atoms with Crippen molar-refractivity contribution in [3.05, 3.63) is 46.3 Å². The Morgan fingerprint density at radius 1 is 1.23 bits per heavy atom. The van der Waals surface area contributed by atoms with Gasteiger partial charge >= 0.3 is 5.97 Å². The van der Waals surface area contributed by atoms with Crippen molar-refractivity contribution >= 4 is 28.2 Å². The van der Waals surface area contributed by atoms with Crippen LogP contribution in [0.5, 0.6) is 5.75 Å². The molecule has 1 heterocycles. The van der Waals surface area contributed by atoms with Crippen LogP contribution in [0.15, 0.2) is 30.3 Å². The first-order valence-corrected chi connectivity index (χ1v) is 7.49. The third kappa shape index (κ3) is 4.08. The zero-order chi connectivity index (χ0) is 16.1. The van der Waals surface area contributed by atoms with Gasteiger partial charge in [-0.2, -0.15) is 0 Å². The maximum absolute atomic E-state index is 11.9. The van der Waals surface area contributed by atoms with Gasteiger partial charge in [0.15, 0.2) is 6.61 Å². The molecule has 0 aliphatic rings. The molecule has 22 heavy (non-hydrogen) atoms. The molecular weight excluding hydrogens is 302 g/mol. The lowest BCUT2D eigenvalue weighted by Crippen LogP contribution is -2.19. The number of ether oxygens (including phenoxy) is 2. The first-order chi connectivity index (χ1) is 10.5. The molecule has 0 unspecified atom stereocenters. The number of methoxy groups -OCH3 is 1. The van der Waals surface area contributed by atoms with Gasteiger partial charge in [-0.25, -0.2) is 4.79 Å². The minimum atomic E-state index is -0.404. The van der Waals surface area contributed by atoms with E-state index in [0.29, 0.717) is 15.6 Å². The van der Waals surface area contributed by atoms with Crippen molar-refractivity contribution in [2.24, 2.45) is 0 Å². The summed E-state index contributed by atoms with van der Waals surface area (Å²) in [6, 6.07) is 9.22. The van der Waals surface area contributed by atoms with Gasteiger partial charge in [0.1, 0.15) is 10.6 Å². The highest BCUT2D eigenvalue weighted by Crippen LogP contribution is 2.27. The molecule has 0 fully saturated rings. The van der Waals surface area contributed by atoms with Crippen LogP contribution in [0.2, 0.25) is 0 Å². The molecule has 0 aliphatic heterocycles. The summed E-state index contributed by atoms with van der Waals surface area (Å²) in [5, 5.41) is 3.31. The van der Waals surface area contributed by atoms with E-state index in [2.05, 4.69) is 10.1 Å². The number of amides is 1. The molecule has 0 saturated carbocycles. The second-order valence-corrected chi connectivity index (χ2v) is 5.82. The summed E-state index contributed by atoms with van der Waals surface area (Å²) in [6.07, 6.45) is 0. The summed E-state index contributed by atoms with van der Waals surface area (Å²) in [7, 11) is 1.33. The van der Waals surface area contributed by atoms with Crippen molar-refractivity contribution in [3.63, 3.8) is 0 Å². The fraction of sp³-hybridized carbons (Fsp3) is 0.250. The Morgan fingerprint density at radius 3 is 2.68 bits per heavy atom. The van der Waals surface area contributed by atoms with Crippen LogP contribution in [-0.4, -0.2) is 25.6 Å². The molecule has 0 spiro atoms. The second-order valence-electron chi connectivity index (χ2n) is 4.77. The molecule has 1 N–H and O–H groups in total. The Kier molecular flexibility index (Phi) is 5.16. The molecular formula is C16H17NO4S. The summed E-state index contributed by atoms with van der Waals surface area (Å²) >= 11 is 1.18. The van der Waals surface area contributed by atoms with Crippen molar-refractivity contribution in [2.45, 2.75) is 13.8 Å². The number of esters is 1. The Hall–Kier alpha value is -2.34. The fourth-order valence-corrected chi connectivity index (χ4v) is 2.87. The van der Waals surface area contributed by atoms with Crippen LogP contribution >= 0.6 is 11.3 Å². The van der Waals surface area contributed by atoms with E-state index in [0.717, 1.165) is 11.1 Å². The Bertz CT molecular complexity index is 693. The normalized spacial score (nSPS) is 10.1. The molecule has 0 atom stereocenters. The maximum atomic E-state index is 11.9. The van der Waals surface area contributed by atoms with E-state index < -0.39 is 5.97 Å². The largest absolute Gasteiger partial charge is 0.484 e. The minimum absolute atomic E-state index is 0.0893. The Labute approximate surface area is 132 Å². The van der Waals surface area contributed by atoms with Crippen LogP contribution in [0.1, 0.15) is 20.8 Å². The maximum Gasteiger partial charge on any atom is 0.348 e. The van der Waals surface area contributed by atoms with Crippen LogP contribution in [-0.2, 0) is 9.53 Å². The number of thiophene rings is 1. The molecule has 0 radical (unpaired) electrons. The minimum Gasteiger partial charge on any atom is -0.484 e. The second kappa shape index (κ2) is 7.09. The van der Waals surface area contributed by atoms with Crippen LogP contribution in [0.3, 0.4) is 0 Å². The van der Waals surface area contributed by atoms with Crippen LogP contribution < -0.4 is 10.1 Å². The number of anilines is 1. The summed E-state index contributed by atoms with van der Waals surface area (Å²) < 4.78 is 10.1. The van der Waals surface area contributed by atoms with Gasteiger partial charge in [-0.3, -0.25) is 4.79 Å². The number of aryl methyl sites for hydroxylation is 2. The fourth-order valence-electron chi connectivity index (χ4n) is 1.87. The lowest BCUT2D eigenvalue weighted by Gasteiger charge is -2.06. The van der Waals surface area contributed by atoms with Crippen molar-refractivity contribution < 1.29 is 19.1 Å². The lowest BCUT2D eigenvalue weighted by atomic mass is 10.2. The zero-order valence-electron chi connectivity index (χ0n) is 12.6. The predicted octanol–water partition coefficient (Wildman–Crippen LogP) is 3.17. The predicted molar refractivity (Wildman–Crippen MR) is 85.7 cm³/mol. The first-order valence-electron chi connectivity index (χ1n) is 6.67. The first kappa shape index (κ1) is 16.0. The quantitative estimate of drug-likeness (QED) is 0.860. The van der Waals surface area contributed by atoms with E-state index in [1.165, 1.54) is 18.4 Å². The van der Waals surface area contributed by atoms with Gasteiger partial charge in [0.2, 0.25) is 0 Å². The van der Waals surface area contributed by atoms with E-state index in [1.54, 1.807) is 19.1 Å². The molecule has 0 bridgehead atoms. The number of hydrogen-bond donors (Lipinski definition) is 1. The van der Waals surface area contributed by atoms with E-state index in [1.807, 2.05) is 25.1 Å². The van der Waals surface area contributed by atoms with Gasteiger partial charge in [0.25, 0.3) is 5.91 Å². The zero-order valence-corrected chi connectivity index (χ0v) is 13.5. The van der Waals surface area contributed by atoms with E-state index in [-0.39, 0.29) is 12.5 Å². The number of rotatable bonds is 5. The van der Waals surface area contributed by atoms with Crippen molar-refractivity contribution in [1.82, 2.24) is 0 Å². The van der Waals surface area contributed by atoms with E-state index >= 15 is 0 Å². The molecule has 0 saturated heterocycles. The standard InChI is InChI=1S/C16H17NO4S/c1-10-5-4-6-12(7-10)21-9-13(18)17-14-8-11(2)15(22-14)16(19)20-3/h4-8H,9H2,1-3H3,(H,17,18). The number of nitrogens with one attached hydrogen (secondary N) is 1. The Morgan fingerprint density at radius 2 is 2.00 bits per heavy atom. The van der Waals surface area contributed by atoms with Gasteiger partial charge < -0.3 is 14.8 Å². The summed E-state index contributed by atoms with van der Waals surface area (Å²) in [4.78, 5) is 23.9. The molecule has 116 valence electrons. The number of hydrogen-bond acceptors (Lipinski definition) is 5. The van der Waals surface area contributed by atoms with Crippen molar-refractivity contribution in [3.8, 4) is 5.75 Å². The van der Waals surface area contributed by atoms with Gasteiger partial charge in [-0.1, -0.05) is 12.1 Å². The highest BCUT2D eigenvalue weighted by Gasteiger charge is 2.15. The highest BCUT2D eigenvalue weighted by molar-refractivity contribution is 7.18. The summed E-state index contributed by atoms with van der Waals surface area (Å²) in [5.41, 5.74) is 1.83. The van der Waals surface area contributed by atoms with Gasteiger partial charge in [-0.15, -0.1) is 11.3 Å².